The molecule has 0 aliphatic rings. The summed E-state index contributed by atoms with van der Waals surface area (Å²) < 4.78 is 0. The minimum atomic E-state index is -0.441. The van der Waals surface area contributed by atoms with Crippen LogP contribution < -0.4 is 5.43 Å². The van der Waals surface area contributed by atoms with Gasteiger partial charge < -0.3 is 10.0 Å². The molecule has 4 rings (SSSR count). The lowest BCUT2D eigenvalue weighted by atomic mass is 10.1. The van der Waals surface area contributed by atoms with Gasteiger partial charge in [-0.15, -0.1) is 22.7 Å². The normalized spacial score (nSPS) is 11.4. The molecule has 0 bridgehead atoms. The van der Waals surface area contributed by atoms with Gasteiger partial charge in [0, 0.05) is 19.0 Å². The molecule has 4 aromatic rings. The molecule has 0 unspecified atom stereocenters. The maximum atomic E-state index is 12.8. The molecule has 2 amide bonds. The lowest BCUT2D eigenvalue weighted by Gasteiger charge is -2.16. The Morgan fingerprint density at radius 2 is 1.75 bits per heavy atom. The van der Waals surface area contributed by atoms with Crippen molar-refractivity contribution in [3.05, 3.63) is 97.0 Å². The first-order valence-corrected chi connectivity index (χ1v) is 13.2. The van der Waals surface area contributed by atoms with Gasteiger partial charge in [-0.25, -0.2) is 5.43 Å². The molecular formula is C26H21Cl2N3O3S2. The van der Waals surface area contributed by atoms with Crippen molar-refractivity contribution in [2.75, 3.05) is 7.05 Å². The van der Waals surface area contributed by atoms with E-state index in [0.29, 0.717) is 42.5 Å². The molecule has 2 aromatic heterocycles. The van der Waals surface area contributed by atoms with Crippen LogP contribution in [0.2, 0.25) is 10.0 Å². The van der Waals surface area contributed by atoms with Crippen molar-refractivity contribution >= 4 is 63.4 Å². The van der Waals surface area contributed by atoms with Crippen LogP contribution in [0.25, 0.3) is 10.4 Å². The molecule has 0 spiro atoms. The number of aromatic hydroxyl groups is 1. The molecule has 0 aliphatic carbocycles. The van der Waals surface area contributed by atoms with E-state index in [1.165, 1.54) is 11.3 Å². The Kier molecular flexibility index (Phi) is 8.11. The van der Waals surface area contributed by atoms with Crippen LogP contribution in [-0.2, 0) is 6.54 Å². The molecule has 36 heavy (non-hydrogen) atoms. The Bertz CT molecular complexity index is 1450. The van der Waals surface area contributed by atoms with Gasteiger partial charge in [-0.2, -0.15) is 5.10 Å². The van der Waals surface area contributed by atoms with Crippen molar-refractivity contribution in [3.63, 3.8) is 0 Å². The fourth-order valence-corrected chi connectivity index (χ4v) is 5.58. The van der Waals surface area contributed by atoms with Crippen LogP contribution in [0.4, 0.5) is 0 Å². The van der Waals surface area contributed by atoms with Crippen molar-refractivity contribution in [3.8, 4) is 16.2 Å². The molecule has 0 radical (unpaired) electrons. The molecule has 184 valence electrons. The fourth-order valence-electron chi connectivity index (χ4n) is 3.39. The van der Waals surface area contributed by atoms with Crippen LogP contribution in [-0.4, -0.2) is 34.6 Å². The van der Waals surface area contributed by atoms with Gasteiger partial charge in [0.05, 0.1) is 36.0 Å². The zero-order valence-electron chi connectivity index (χ0n) is 19.3. The van der Waals surface area contributed by atoms with Gasteiger partial charge in [0.15, 0.2) is 0 Å². The molecule has 10 heteroatoms. The van der Waals surface area contributed by atoms with Crippen LogP contribution in [0.15, 0.2) is 71.1 Å². The van der Waals surface area contributed by atoms with Gasteiger partial charge in [0.2, 0.25) is 0 Å². The first kappa shape index (κ1) is 25.9. The molecule has 6 nitrogen and oxygen atoms in total. The molecule has 0 aliphatic heterocycles. The second kappa shape index (κ2) is 11.3. The third-order valence-electron chi connectivity index (χ3n) is 5.31. The molecule has 2 aromatic carbocycles. The summed E-state index contributed by atoms with van der Waals surface area (Å²) >= 11 is 14.5. The van der Waals surface area contributed by atoms with E-state index in [1.54, 1.807) is 54.6 Å². The molecule has 2 N–H and O–H groups in total. The van der Waals surface area contributed by atoms with Gasteiger partial charge >= 0.3 is 0 Å². The van der Waals surface area contributed by atoms with E-state index in [9.17, 15) is 14.7 Å². The highest BCUT2D eigenvalue weighted by molar-refractivity contribution is 7.16. The van der Waals surface area contributed by atoms with E-state index >= 15 is 0 Å². The number of hydrazone groups is 1. The summed E-state index contributed by atoms with van der Waals surface area (Å²) in [6.45, 7) is 2.15. The molecule has 0 saturated heterocycles. The maximum Gasteiger partial charge on any atom is 0.281 e. The van der Waals surface area contributed by atoms with Crippen molar-refractivity contribution in [2.45, 2.75) is 13.5 Å². The lowest BCUT2D eigenvalue weighted by molar-refractivity contribution is 0.0789. The molecule has 0 atom stereocenters. The topological polar surface area (TPSA) is 82.0 Å². The van der Waals surface area contributed by atoms with Gasteiger partial charge in [-0.1, -0.05) is 59.6 Å². The van der Waals surface area contributed by atoms with Crippen molar-refractivity contribution in [2.24, 2.45) is 5.10 Å². The number of benzene rings is 2. The predicted octanol–water partition coefficient (Wildman–Crippen LogP) is 6.92. The van der Waals surface area contributed by atoms with Crippen molar-refractivity contribution in [1.82, 2.24) is 10.3 Å². The summed E-state index contributed by atoms with van der Waals surface area (Å²) in [5, 5.41) is 17.4. The van der Waals surface area contributed by atoms with E-state index in [4.69, 9.17) is 23.2 Å². The number of thiophene rings is 2. The van der Waals surface area contributed by atoms with Crippen LogP contribution in [0.5, 0.6) is 5.75 Å². The zero-order chi connectivity index (χ0) is 25.8. The molecule has 0 saturated carbocycles. The number of hydrogen-bond acceptors (Lipinski definition) is 6. The molecule has 0 fully saturated rings. The number of carbonyl (C=O) groups is 2. The highest BCUT2D eigenvalue weighted by Crippen LogP contribution is 2.40. The summed E-state index contributed by atoms with van der Waals surface area (Å²) in [7, 11) is 1.72. The van der Waals surface area contributed by atoms with E-state index in [1.807, 2.05) is 30.3 Å². The monoisotopic (exact) mass is 557 g/mol. The van der Waals surface area contributed by atoms with E-state index in [-0.39, 0.29) is 11.7 Å². The quantitative estimate of drug-likeness (QED) is 0.191. The van der Waals surface area contributed by atoms with E-state index in [2.05, 4.69) is 10.5 Å². The van der Waals surface area contributed by atoms with E-state index in [0.717, 1.165) is 22.5 Å². The summed E-state index contributed by atoms with van der Waals surface area (Å²) in [6, 6.07) is 18.0. The highest BCUT2D eigenvalue weighted by Gasteiger charge is 2.19. The number of halogens is 2. The summed E-state index contributed by atoms with van der Waals surface area (Å²) in [4.78, 5) is 28.4. The molecule has 2 heterocycles. The van der Waals surface area contributed by atoms with E-state index < -0.39 is 5.91 Å². The zero-order valence-corrected chi connectivity index (χ0v) is 22.4. The maximum absolute atomic E-state index is 12.8. The lowest BCUT2D eigenvalue weighted by Crippen LogP contribution is -2.25. The van der Waals surface area contributed by atoms with Crippen molar-refractivity contribution < 1.29 is 14.7 Å². The summed E-state index contributed by atoms with van der Waals surface area (Å²) in [5.41, 5.74) is 5.17. The Morgan fingerprint density at radius 3 is 2.47 bits per heavy atom. The highest BCUT2D eigenvalue weighted by atomic mass is 35.5. The second-order valence-corrected chi connectivity index (χ2v) is 10.7. The minimum Gasteiger partial charge on any atom is -0.506 e. The average Bonchev–Trinajstić information content (AvgIpc) is 3.51. The van der Waals surface area contributed by atoms with Gasteiger partial charge in [-0.05, 0) is 42.3 Å². The predicted molar refractivity (Wildman–Crippen MR) is 148 cm³/mol. The molecular weight excluding hydrogens is 537 g/mol. The summed E-state index contributed by atoms with van der Waals surface area (Å²) in [6.07, 6.45) is 0. The van der Waals surface area contributed by atoms with Gasteiger partial charge in [-0.3, -0.25) is 9.59 Å². The van der Waals surface area contributed by atoms with Gasteiger partial charge in [0.1, 0.15) is 5.75 Å². The SMILES string of the molecule is C/C(=N\NC(=O)c1ccc(C(=O)N(C)Cc2ccccc2)s1)c1csc(-c2ccc(Cl)c(Cl)c2)c1O. The Labute approximate surface area is 226 Å². The van der Waals surface area contributed by atoms with Crippen molar-refractivity contribution in [1.29, 1.82) is 0 Å². The van der Waals surface area contributed by atoms with Crippen LogP contribution in [0.3, 0.4) is 0 Å². The summed E-state index contributed by atoms with van der Waals surface area (Å²) in [5.74, 6) is -0.566. The standard InChI is InChI=1S/C26H21Cl2N3O3S2/c1-15(18-14-35-24(23(18)32)17-8-9-19(27)20(28)12-17)29-30-25(33)21-10-11-22(36-21)26(34)31(2)13-16-6-4-3-5-7-16/h3-12,14,32H,13H2,1-2H3,(H,30,33)/b29-15+. The smallest absolute Gasteiger partial charge is 0.281 e. The Balaban J connectivity index is 1.42. The number of amides is 2. The Morgan fingerprint density at radius 1 is 1.03 bits per heavy atom. The first-order valence-electron chi connectivity index (χ1n) is 10.7. The average molecular weight is 559 g/mol. The van der Waals surface area contributed by atoms with Crippen LogP contribution in [0, 0.1) is 0 Å². The fraction of sp³-hybridized carbons (Fsp3) is 0.115. The number of rotatable bonds is 7. The van der Waals surface area contributed by atoms with Crippen LogP contribution >= 0.6 is 45.9 Å². The minimum absolute atomic E-state index is 0.0411. The Hall–Kier alpha value is -3.17. The van der Waals surface area contributed by atoms with Gasteiger partial charge in [0.25, 0.3) is 11.8 Å². The third-order valence-corrected chi connectivity index (χ3v) is 8.14. The number of nitrogens with zero attached hydrogens (tertiary/aromatic N) is 2. The largest absolute Gasteiger partial charge is 0.506 e. The number of carbonyl (C=O) groups excluding carboxylic acids is 2. The second-order valence-electron chi connectivity index (χ2n) is 7.90. The third kappa shape index (κ3) is 5.79. The van der Waals surface area contributed by atoms with Crippen LogP contribution in [0.1, 0.15) is 37.4 Å². The number of nitrogens with one attached hydrogen (secondary N) is 1. The first-order chi connectivity index (χ1) is 17.2. The number of hydrogen-bond donors (Lipinski definition) is 2.